The fourth-order valence-corrected chi connectivity index (χ4v) is 8.39. The Bertz CT molecular complexity index is 966. The van der Waals surface area contributed by atoms with Crippen LogP contribution >= 0.6 is 12.6 Å². The van der Waals surface area contributed by atoms with Crippen LogP contribution in [0.1, 0.15) is 66.7 Å². The van der Waals surface area contributed by atoms with E-state index < -0.39 is 0 Å². The number of hydrogen-bond acceptors (Lipinski definition) is 11. The number of rotatable bonds is 13. The van der Waals surface area contributed by atoms with Crippen molar-refractivity contribution >= 4 is 24.8 Å². The summed E-state index contributed by atoms with van der Waals surface area (Å²) < 4.78 is 11.0. The number of alkyl carbamates (subject to hydrolysis) is 2. The first-order valence-electron chi connectivity index (χ1n) is 18.4. The van der Waals surface area contributed by atoms with E-state index in [4.69, 9.17) is 9.47 Å². The van der Waals surface area contributed by atoms with Crippen LogP contribution in [0.25, 0.3) is 0 Å². The van der Waals surface area contributed by atoms with Crippen LogP contribution in [0.3, 0.4) is 0 Å². The van der Waals surface area contributed by atoms with Crippen molar-refractivity contribution in [3.8, 4) is 0 Å². The third kappa shape index (κ3) is 11.1. The maximum atomic E-state index is 13.4. The fourth-order valence-electron chi connectivity index (χ4n) is 8.16. The van der Waals surface area contributed by atoms with E-state index in [1.165, 1.54) is 7.11 Å². The minimum Gasteiger partial charge on any atom is -0.453 e. The maximum absolute atomic E-state index is 13.4. The number of nitrogens with zero attached hydrogens (tertiary/aromatic N) is 6. The number of piperidine rings is 2. The Morgan fingerprint density at radius 3 is 1.81 bits per heavy atom. The van der Waals surface area contributed by atoms with Crippen LogP contribution in [0.5, 0.6) is 0 Å². The van der Waals surface area contributed by atoms with Crippen LogP contribution in [0.2, 0.25) is 0 Å². The molecule has 12 nitrogen and oxygen atoms in total. The largest absolute Gasteiger partial charge is 0.453 e. The Morgan fingerprint density at radius 1 is 0.745 bits per heavy atom. The van der Waals surface area contributed by atoms with Crippen molar-refractivity contribution in [1.29, 1.82) is 0 Å². The highest BCUT2D eigenvalue weighted by Crippen LogP contribution is 2.28. The molecule has 2 unspecified atom stereocenters. The van der Waals surface area contributed by atoms with E-state index in [0.717, 1.165) is 130 Å². The number of carbonyl (C=O) groups is 2. The monoisotopic (exact) mass is 682 g/mol. The standard InChI is InChI=1S/C34H66N8O4S/c1-7-37-18-20-38(21-19-37)26-33(10-14-41(15-11-33)28(3)4)36-32(44)46-24-9-30-25-39(22-23-40(30)8-2)27-34(35-31(43)45-6)12-16-42(17-13-34)29(5)47/h28-30,47H,7-27H2,1-6H3,(H,35,43)(H,36,44). The summed E-state index contributed by atoms with van der Waals surface area (Å²) in [6.07, 6.45) is 3.75. The average Bonchev–Trinajstić information content (AvgIpc) is 3.05. The van der Waals surface area contributed by atoms with Crippen LogP contribution in [-0.2, 0) is 9.47 Å². The molecule has 0 saturated carbocycles. The van der Waals surface area contributed by atoms with Crippen LogP contribution in [0.4, 0.5) is 9.59 Å². The lowest BCUT2D eigenvalue weighted by Gasteiger charge is -2.48. The number of likely N-dealkylation sites (tertiary alicyclic amines) is 2. The molecular weight excluding hydrogens is 616 g/mol. The van der Waals surface area contributed by atoms with Gasteiger partial charge in [0.15, 0.2) is 0 Å². The van der Waals surface area contributed by atoms with Crippen LogP contribution in [0.15, 0.2) is 0 Å². The van der Waals surface area contributed by atoms with Gasteiger partial charge in [0.25, 0.3) is 0 Å². The lowest BCUT2D eigenvalue weighted by Crippen LogP contribution is -2.64. The summed E-state index contributed by atoms with van der Waals surface area (Å²) in [6.45, 7) is 26.0. The first-order chi connectivity index (χ1) is 22.5. The number of piperazine rings is 2. The lowest BCUT2D eigenvalue weighted by molar-refractivity contribution is 0.0249. The molecule has 4 aliphatic rings. The molecule has 0 spiro atoms. The number of carbonyl (C=O) groups excluding carboxylic acids is 2. The molecule has 2 atom stereocenters. The van der Waals surface area contributed by atoms with E-state index in [0.29, 0.717) is 12.6 Å². The van der Waals surface area contributed by atoms with E-state index in [2.05, 4.69) is 87.3 Å². The molecule has 4 saturated heterocycles. The van der Waals surface area contributed by atoms with Gasteiger partial charge in [-0.2, -0.15) is 12.6 Å². The summed E-state index contributed by atoms with van der Waals surface area (Å²) in [4.78, 5) is 40.7. The topological polar surface area (TPSA) is 96.1 Å². The van der Waals surface area contributed by atoms with Crippen molar-refractivity contribution in [1.82, 2.24) is 40.0 Å². The summed E-state index contributed by atoms with van der Waals surface area (Å²) in [6, 6.07) is 0.799. The molecule has 4 fully saturated rings. The van der Waals surface area contributed by atoms with Crippen molar-refractivity contribution in [3.05, 3.63) is 0 Å². The molecule has 272 valence electrons. The number of amides is 2. The number of methoxy groups -OCH3 is 1. The second-order valence-electron chi connectivity index (χ2n) is 14.8. The second kappa shape index (κ2) is 18.1. The molecule has 0 bridgehead atoms. The molecule has 2 N–H and O–H groups in total. The van der Waals surface area contributed by atoms with Crippen LogP contribution < -0.4 is 10.6 Å². The van der Waals surface area contributed by atoms with Crippen molar-refractivity contribution in [2.75, 3.05) is 112 Å². The zero-order valence-electron chi connectivity index (χ0n) is 30.3. The number of likely N-dealkylation sites (N-methyl/N-ethyl adjacent to an activating group) is 2. The highest BCUT2D eigenvalue weighted by Gasteiger charge is 2.41. The number of thiol groups is 1. The van der Waals surface area contributed by atoms with Crippen molar-refractivity contribution < 1.29 is 19.1 Å². The molecule has 47 heavy (non-hydrogen) atoms. The highest BCUT2D eigenvalue weighted by molar-refractivity contribution is 7.80. The third-order valence-electron chi connectivity index (χ3n) is 11.4. The molecule has 4 aliphatic heterocycles. The van der Waals surface area contributed by atoms with Gasteiger partial charge in [0.1, 0.15) is 0 Å². The average molecular weight is 683 g/mol. The summed E-state index contributed by atoms with van der Waals surface area (Å²) in [5.41, 5.74) is -0.584. The minimum absolute atomic E-state index is 0.194. The summed E-state index contributed by atoms with van der Waals surface area (Å²) >= 11 is 4.64. The fraction of sp³-hybridized carbons (Fsp3) is 0.941. The van der Waals surface area contributed by atoms with E-state index >= 15 is 0 Å². The van der Waals surface area contributed by atoms with E-state index in [1.807, 2.05) is 0 Å². The molecule has 0 aliphatic carbocycles. The number of hydrogen-bond donors (Lipinski definition) is 3. The Balaban J connectivity index is 1.31. The van der Waals surface area contributed by atoms with Gasteiger partial charge < -0.3 is 29.9 Å². The molecule has 0 aromatic heterocycles. The summed E-state index contributed by atoms with van der Waals surface area (Å²) in [5.74, 6) is 0. The highest BCUT2D eigenvalue weighted by atomic mass is 32.1. The third-order valence-corrected chi connectivity index (χ3v) is 11.8. The van der Waals surface area contributed by atoms with Crippen LogP contribution in [-0.4, -0.2) is 182 Å². The van der Waals surface area contributed by atoms with E-state index in [-0.39, 0.29) is 34.7 Å². The second-order valence-corrected chi connectivity index (χ2v) is 15.5. The zero-order chi connectivity index (χ0) is 34.0. The molecule has 4 heterocycles. The van der Waals surface area contributed by atoms with Gasteiger partial charge in [0, 0.05) is 103 Å². The van der Waals surface area contributed by atoms with Gasteiger partial charge >= 0.3 is 12.2 Å². The van der Waals surface area contributed by atoms with Gasteiger partial charge in [-0.05, 0) is 66.0 Å². The molecule has 13 heteroatoms. The lowest BCUT2D eigenvalue weighted by atomic mass is 9.86. The maximum Gasteiger partial charge on any atom is 0.407 e. The van der Waals surface area contributed by atoms with E-state index in [1.54, 1.807) is 0 Å². The van der Waals surface area contributed by atoms with Gasteiger partial charge in [-0.15, -0.1) is 0 Å². The van der Waals surface area contributed by atoms with Crippen molar-refractivity contribution in [3.63, 3.8) is 0 Å². The van der Waals surface area contributed by atoms with Crippen molar-refractivity contribution in [2.24, 2.45) is 0 Å². The molecule has 0 aromatic rings. The smallest absolute Gasteiger partial charge is 0.407 e. The van der Waals surface area contributed by atoms with Gasteiger partial charge in [-0.3, -0.25) is 19.6 Å². The summed E-state index contributed by atoms with van der Waals surface area (Å²) in [5, 5.41) is 6.81. The zero-order valence-corrected chi connectivity index (χ0v) is 31.2. The Labute approximate surface area is 290 Å². The van der Waals surface area contributed by atoms with Crippen LogP contribution in [0, 0.1) is 0 Å². The number of nitrogens with one attached hydrogen (secondary N) is 2. The van der Waals surface area contributed by atoms with Gasteiger partial charge in [-0.25, -0.2) is 9.59 Å². The quantitative estimate of drug-likeness (QED) is 0.252. The predicted octanol–water partition coefficient (Wildman–Crippen LogP) is 2.46. The van der Waals surface area contributed by atoms with E-state index in [9.17, 15) is 9.59 Å². The van der Waals surface area contributed by atoms with Crippen molar-refractivity contribution in [2.45, 2.75) is 95.3 Å². The van der Waals surface area contributed by atoms with Gasteiger partial charge in [0.2, 0.25) is 0 Å². The number of ether oxygens (including phenoxy) is 2. The normalized spacial score (nSPS) is 26.2. The Morgan fingerprint density at radius 2 is 1.28 bits per heavy atom. The Hall–Kier alpha value is -1.35. The first-order valence-corrected chi connectivity index (χ1v) is 18.9. The molecule has 4 rings (SSSR count). The SMILES string of the molecule is CCN1CCN(CC2(NC(=O)OCCC3CN(CC4(NC(=O)OC)CCN(C(C)S)CC4)CCN3CC)CCN(C(C)C)CC2)CC1. The molecule has 2 amide bonds. The van der Waals surface area contributed by atoms with Gasteiger partial charge in [-0.1, -0.05) is 13.8 Å². The predicted molar refractivity (Wildman–Crippen MR) is 191 cm³/mol. The van der Waals surface area contributed by atoms with Gasteiger partial charge in [0.05, 0.1) is 24.8 Å². The summed E-state index contributed by atoms with van der Waals surface area (Å²) in [7, 11) is 1.43. The first kappa shape index (κ1) is 38.5. The molecule has 0 aromatic carbocycles. The minimum atomic E-state index is -0.364. The Kier molecular flexibility index (Phi) is 14.8. The molecular formula is C34H66N8O4S. The molecule has 0 radical (unpaired) electrons.